The molecule has 0 radical (unpaired) electrons. The Morgan fingerprint density at radius 3 is 2.12 bits per heavy atom. The van der Waals surface area contributed by atoms with E-state index in [1.807, 2.05) is 18.2 Å². The van der Waals surface area contributed by atoms with E-state index in [4.69, 9.17) is 33.2 Å². The third-order valence-electron chi connectivity index (χ3n) is 10.8. The average Bonchev–Trinajstić information content (AvgIpc) is 3.13. The van der Waals surface area contributed by atoms with Crippen LogP contribution in [-0.4, -0.2) is 80.4 Å². The van der Waals surface area contributed by atoms with Crippen LogP contribution in [0, 0.1) is 0 Å². The molecule has 3 aliphatic rings. The van der Waals surface area contributed by atoms with Gasteiger partial charge in [-0.2, -0.15) is 0 Å². The van der Waals surface area contributed by atoms with E-state index in [0.717, 1.165) is 93.9 Å². The van der Waals surface area contributed by atoms with E-state index in [9.17, 15) is 10.2 Å². The fourth-order valence-corrected chi connectivity index (χ4v) is 7.44. The molecule has 0 aromatic heterocycles. The van der Waals surface area contributed by atoms with Crippen molar-refractivity contribution in [2.75, 3.05) is 40.1 Å². The second kappa shape index (κ2) is 19.2. The van der Waals surface area contributed by atoms with E-state index in [-0.39, 0.29) is 12.2 Å². The van der Waals surface area contributed by atoms with Crippen molar-refractivity contribution >= 4 is 0 Å². The van der Waals surface area contributed by atoms with Crippen LogP contribution in [0.25, 0.3) is 0 Å². The van der Waals surface area contributed by atoms with Crippen LogP contribution in [0.2, 0.25) is 0 Å². The Hall–Kier alpha value is -2.24. The highest BCUT2D eigenvalue weighted by Crippen LogP contribution is 2.47. The van der Waals surface area contributed by atoms with Crippen LogP contribution in [0.15, 0.2) is 36.4 Å². The smallest absolute Gasteiger partial charge is 0.222 e. The normalized spacial score (nSPS) is 25.9. The SMILES string of the molecule is CCCCOC[C@H]1OC(O)(c2ccc(OC)c(C(O)c3ccc4c(c3)CCC3(CCC3)O4)c2)C(OCCCC)C(OCCCC)C1OCCCC. The van der Waals surface area contributed by atoms with Gasteiger partial charge in [0.1, 0.15) is 47.6 Å². The molecule has 0 amide bonds. The Kier molecular flexibility index (Phi) is 15.0. The van der Waals surface area contributed by atoms with Crippen LogP contribution >= 0.6 is 0 Å². The Morgan fingerprint density at radius 1 is 0.804 bits per heavy atom. The first-order valence-electron chi connectivity index (χ1n) is 19.8. The Balaban J connectivity index is 1.52. The molecule has 51 heavy (non-hydrogen) atoms. The molecule has 0 bridgehead atoms. The zero-order valence-corrected chi connectivity index (χ0v) is 31.8. The van der Waals surface area contributed by atoms with Gasteiger partial charge in [-0.3, -0.25) is 0 Å². The van der Waals surface area contributed by atoms with Crippen molar-refractivity contribution in [2.45, 2.75) is 153 Å². The van der Waals surface area contributed by atoms with Crippen LogP contribution in [0.5, 0.6) is 11.5 Å². The highest BCUT2D eigenvalue weighted by atomic mass is 16.7. The fourth-order valence-electron chi connectivity index (χ4n) is 7.44. The van der Waals surface area contributed by atoms with Crippen molar-refractivity contribution in [1.29, 1.82) is 0 Å². The number of hydrogen-bond acceptors (Lipinski definition) is 9. The highest BCUT2D eigenvalue weighted by molar-refractivity contribution is 5.47. The van der Waals surface area contributed by atoms with E-state index in [1.54, 1.807) is 25.3 Å². The number of hydrogen-bond donors (Lipinski definition) is 2. The number of aliphatic hydroxyl groups is 2. The molecular weight excluding hydrogens is 648 g/mol. The lowest BCUT2D eigenvalue weighted by molar-refractivity contribution is -0.375. The molecule has 2 aliphatic heterocycles. The lowest BCUT2D eigenvalue weighted by Crippen LogP contribution is -2.66. The van der Waals surface area contributed by atoms with Gasteiger partial charge < -0.3 is 43.4 Å². The van der Waals surface area contributed by atoms with Crippen molar-refractivity contribution in [1.82, 2.24) is 0 Å². The van der Waals surface area contributed by atoms with Gasteiger partial charge in [0.15, 0.2) is 0 Å². The summed E-state index contributed by atoms with van der Waals surface area (Å²) in [4.78, 5) is 0. The molecule has 1 saturated carbocycles. The summed E-state index contributed by atoms with van der Waals surface area (Å²) in [6, 6.07) is 11.3. The first-order valence-corrected chi connectivity index (χ1v) is 19.8. The largest absolute Gasteiger partial charge is 0.496 e. The molecule has 1 aliphatic carbocycles. The van der Waals surface area contributed by atoms with Crippen molar-refractivity contribution in [3.63, 3.8) is 0 Å². The monoisotopic (exact) mass is 712 g/mol. The molecule has 9 heteroatoms. The second-order valence-electron chi connectivity index (χ2n) is 14.7. The highest BCUT2D eigenvalue weighted by Gasteiger charge is 2.57. The minimum Gasteiger partial charge on any atom is -0.496 e. The van der Waals surface area contributed by atoms with Crippen LogP contribution in [-0.2, 0) is 35.9 Å². The first-order chi connectivity index (χ1) is 24.8. The summed E-state index contributed by atoms with van der Waals surface area (Å²) >= 11 is 0. The number of benzene rings is 2. The number of fused-ring (bicyclic) bond motifs is 1. The summed E-state index contributed by atoms with van der Waals surface area (Å²) in [5.41, 5.74) is 2.79. The maximum absolute atomic E-state index is 12.9. The van der Waals surface area contributed by atoms with Crippen molar-refractivity contribution in [3.8, 4) is 11.5 Å². The summed E-state index contributed by atoms with van der Waals surface area (Å²) in [5.74, 6) is -0.519. The van der Waals surface area contributed by atoms with Gasteiger partial charge in [0.05, 0.1) is 13.7 Å². The van der Waals surface area contributed by atoms with Crippen molar-refractivity contribution in [3.05, 3.63) is 58.7 Å². The molecule has 6 atom stereocenters. The van der Waals surface area contributed by atoms with Gasteiger partial charge in [-0.25, -0.2) is 0 Å². The Labute approximate surface area is 306 Å². The van der Waals surface area contributed by atoms with E-state index in [2.05, 4.69) is 27.7 Å². The van der Waals surface area contributed by atoms with Gasteiger partial charge in [-0.1, -0.05) is 59.4 Å². The zero-order chi connectivity index (χ0) is 36.3. The van der Waals surface area contributed by atoms with Gasteiger partial charge in [0.2, 0.25) is 5.79 Å². The molecule has 2 aromatic carbocycles. The number of ether oxygens (including phenoxy) is 7. The third kappa shape index (κ3) is 9.47. The van der Waals surface area contributed by atoms with Crippen LogP contribution < -0.4 is 9.47 Å². The summed E-state index contributed by atoms with van der Waals surface area (Å²) in [6.07, 6.45) is 9.04. The van der Waals surface area contributed by atoms with Crippen LogP contribution in [0.4, 0.5) is 0 Å². The lowest BCUT2D eigenvalue weighted by atomic mass is 9.74. The summed E-state index contributed by atoms with van der Waals surface area (Å²) in [6.45, 7) is 10.8. The van der Waals surface area contributed by atoms with Crippen LogP contribution in [0.3, 0.4) is 0 Å². The predicted molar refractivity (Wildman–Crippen MR) is 197 cm³/mol. The Morgan fingerprint density at radius 2 is 1.47 bits per heavy atom. The molecular formula is C42H64O9. The van der Waals surface area contributed by atoms with E-state index < -0.39 is 36.3 Å². The fraction of sp³-hybridized carbons (Fsp3) is 0.714. The number of methoxy groups -OCH3 is 1. The topological polar surface area (TPSA) is 105 Å². The molecule has 1 saturated heterocycles. The maximum Gasteiger partial charge on any atom is 0.222 e. The zero-order valence-electron chi connectivity index (χ0n) is 31.8. The molecule has 1 spiro atoms. The first kappa shape index (κ1) is 40.0. The second-order valence-corrected chi connectivity index (χ2v) is 14.7. The number of aryl methyl sites for hydroxylation is 1. The van der Waals surface area contributed by atoms with Gasteiger partial charge in [-0.15, -0.1) is 0 Å². The van der Waals surface area contributed by atoms with Gasteiger partial charge in [0.25, 0.3) is 0 Å². The molecule has 2 fully saturated rings. The lowest BCUT2D eigenvalue weighted by Gasteiger charge is -2.50. The van der Waals surface area contributed by atoms with Gasteiger partial charge >= 0.3 is 0 Å². The number of aliphatic hydroxyl groups excluding tert-OH is 1. The molecule has 5 rings (SSSR count). The average molecular weight is 713 g/mol. The Bertz CT molecular complexity index is 1350. The molecule has 5 unspecified atom stereocenters. The predicted octanol–water partition coefficient (Wildman–Crippen LogP) is 7.94. The molecule has 2 aromatic rings. The third-order valence-corrected chi connectivity index (χ3v) is 10.8. The van der Waals surface area contributed by atoms with E-state index in [1.165, 1.54) is 6.42 Å². The molecule has 2 heterocycles. The molecule has 2 N–H and O–H groups in total. The van der Waals surface area contributed by atoms with E-state index in [0.29, 0.717) is 43.3 Å². The molecule has 286 valence electrons. The summed E-state index contributed by atoms with van der Waals surface area (Å²) in [5, 5.41) is 24.8. The van der Waals surface area contributed by atoms with E-state index >= 15 is 0 Å². The minimum absolute atomic E-state index is 0.00702. The summed E-state index contributed by atoms with van der Waals surface area (Å²) < 4.78 is 44.8. The van der Waals surface area contributed by atoms with Gasteiger partial charge in [0, 0.05) is 37.6 Å². The van der Waals surface area contributed by atoms with Crippen LogP contribution in [0.1, 0.15) is 133 Å². The maximum atomic E-state index is 12.9. The molecule has 9 nitrogen and oxygen atoms in total. The number of unbranched alkanes of at least 4 members (excludes halogenated alkanes) is 4. The van der Waals surface area contributed by atoms with Gasteiger partial charge in [-0.05, 0) is 99.2 Å². The van der Waals surface area contributed by atoms with Crippen molar-refractivity contribution < 1.29 is 43.4 Å². The van der Waals surface area contributed by atoms with Crippen molar-refractivity contribution in [2.24, 2.45) is 0 Å². The quantitative estimate of drug-likeness (QED) is 0.125. The standard InChI is InChI=1S/C42H64O9/c1-6-10-23-46-29-36-38(47-24-11-7-2)39(48-25-12-8-3)40(49-26-13-9-4)42(44,51-36)32-16-18-35(45-5)33(28-32)37(43)31-15-17-34-30(27-31)19-22-41(50-34)20-14-21-41/h15-18,27-28,36-40,43-44H,6-14,19-26,29H2,1-5H3/t36-,37?,38?,39?,40?,42?/m1/s1. The minimum atomic E-state index is -1.93. The summed E-state index contributed by atoms with van der Waals surface area (Å²) in [7, 11) is 1.59. The number of rotatable bonds is 21.